The summed E-state index contributed by atoms with van der Waals surface area (Å²) in [5, 5.41) is 28.4. The Kier molecular flexibility index (Phi) is 5.98. The Morgan fingerprint density at radius 3 is 2.44 bits per heavy atom. The average Bonchev–Trinajstić information content (AvgIpc) is 2.71. The first kappa shape index (κ1) is 18.4. The lowest BCUT2D eigenvalue weighted by molar-refractivity contribution is -0.991. The van der Waals surface area contributed by atoms with Crippen LogP contribution in [0.15, 0.2) is 78.9 Å². The number of allylic oxidation sites excluding steroid dienone is 1. The van der Waals surface area contributed by atoms with Crippen molar-refractivity contribution < 1.29 is 15.2 Å². The molecule has 134 valence electrons. The molecule has 0 saturated carbocycles. The summed E-state index contributed by atoms with van der Waals surface area (Å²) in [6, 6.07) is 25.8. The zero-order chi connectivity index (χ0) is 19.1. The molecule has 0 aliphatic carbocycles. The van der Waals surface area contributed by atoms with E-state index in [0.29, 0.717) is 23.5 Å². The van der Waals surface area contributed by atoms with Crippen LogP contribution in [0.25, 0.3) is 11.6 Å². The smallest absolute Gasteiger partial charge is 0.163 e. The Hall–Kier alpha value is -3.43. The molecule has 0 saturated heterocycles. The van der Waals surface area contributed by atoms with Gasteiger partial charge in [0.15, 0.2) is 5.69 Å². The predicted molar refractivity (Wildman–Crippen MR) is 103 cm³/mol. The third-order valence-electron chi connectivity index (χ3n) is 3.98. The summed E-state index contributed by atoms with van der Waals surface area (Å²) in [5.41, 5.74) is 3.21. The zero-order valence-electron chi connectivity index (χ0n) is 14.5. The van der Waals surface area contributed by atoms with Crippen molar-refractivity contribution in [3.63, 3.8) is 0 Å². The summed E-state index contributed by atoms with van der Waals surface area (Å²) in [5.74, 6) is 0.714. The van der Waals surface area contributed by atoms with E-state index in [0.717, 1.165) is 11.1 Å². The molecule has 27 heavy (non-hydrogen) atoms. The Morgan fingerprint density at radius 1 is 1.04 bits per heavy atom. The predicted octanol–water partition coefficient (Wildman–Crippen LogP) is 3.73. The van der Waals surface area contributed by atoms with Gasteiger partial charge >= 0.3 is 0 Å². The van der Waals surface area contributed by atoms with Crippen molar-refractivity contribution in [1.82, 2.24) is 0 Å². The zero-order valence-corrected chi connectivity index (χ0v) is 14.5. The first-order valence-electron chi connectivity index (χ1n) is 8.38. The van der Waals surface area contributed by atoms with E-state index in [2.05, 4.69) is 6.07 Å². The third kappa shape index (κ3) is 5.03. The van der Waals surface area contributed by atoms with Crippen molar-refractivity contribution in [2.75, 3.05) is 0 Å². The van der Waals surface area contributed by atoms with E-state index in [1.54, 1.807) is 18.2 Å². The summed E-state index contributed by atoms with van der Waals surface area (Å²) >= 11 is 0. The van der Waals surface area contributed by atoms with Gasteiger partial charge in [0.2, 0.25) is 0 Å². The molecule has 1 atom stereocenters. The third-order valence-corrected chi connectivity index (χ3v) is 3.98. The largest absolute Gasteiger partial charge is 0.595 e. The number of nitriles is 1. The number of quaternary nitrogens is 1. The lowest BCUT2D eigenvalue weighted by Gasteiger charge is -2.11. The van der Waals surface area contributed by atoms with E-state index in [9.17, 15) is 10.5 Å². The Bertz CT molecular complexity index is 959. The van der Waals surface area contributed by atoms with Gasteiger partial charge in [0.25, 0.3) is 0 Å². The van der Waals surface area contributed by atoms with Crippen LogP contribution in [0.2, 0.25) is 0 Å². The number of nitrogens with one attached hydrogen (secondary N) is 1. The van der Waals surface area contributed by atoms with Crippen LogP contribution in [0.4, 0.5) is 5.69 Å². The van der Waals surface area contributed by atoms with Gasteiger partial charge in [-0.1, -0.05) is 42.5 Å². The Balaban J connectivity index is 1.77. The molecule has 3 aromatic rings. The minimum atomic E-state index is -0.993. The number of nitrogens with zero attached hydrogens (tertiary/aromatic N) is 1. The van der Waals surface area contributed by atoms with E-state index in [-0.39, 0.29) is 5.69 Å². The number of benzene rings is 3. The summed E-state index contributed by atoms with van der Waals surface area (Å²) in [6.07, 6.45) is 1.76. The van der Waals surface area contributed by atoms with Crippen LogP contribution in [0.1, 0.15) is 16.7 Å². The van der Waals surface area contributed by atoms with Crippen molar-refractivity contribution >= 4 is 17.3 Å². The number of rotatable bonds is 6. The first-order valence-corrected chi connectivity index (χ1v) is 8.38. The second-order valence-corrected chi connectivity index (χ2v) is 5.90. The van der Waals surface area contributed by atoms with Crippen molar-refractivity contribution in [3.05, 3.63) is 101 Å². The minimum absolute atomic E-state index is 0.187. The molecule has 0 heterocycles. The van der Waals surface area contributed by atoms with Gasteiger partial charge in [0, 0.05) is 12.1 Å². The molecule has 0 spiro atoms. The van der Waals surface area contributed by atoms with Crippen LogP contribution in [-0.4, -0.2) is 5.21 Å². The fourth-order valence-corrected chi connectivity index (χ4v) is 2.57. The molecule has 0 aliphatic rings. The molecular weight excluding hydrogens is 340 g/mol. The monoisotopic (exact) mass is 358 g/mol. The number of hydrogen-bond donors (Lipinski definition) is 2. The van der Waals surface area contributed by atoms with Crippen LogP contribution in [0, 0.1) is 16.5 Å². The summed E-state index contributed by atoms with van der Waals surface area (Å²) in [4.78, 5) is 0. The normalized spacial score (nSPS) is 12.3. The molecule has 0 fully saturated rings. The molecular formula is C22H18N2O3. The minimum Gasteiger partial charge on any atom is -0.595 e. The lowest BCUT2D eigenvalue weighted by Crippen LogP contribution is -2.99. The highest BCUT2D eigenvalue weighted by molar-refractivity contribution is 5.89. The van der Waals surface area contributed by atoms with E-state index >= 15 is 0 Å². The van der Waals surface area contributed by atoms with Crippen LogP contribution in [0.5, 0.6) is 5.75 Å². The second-order valence-electron chi connectivity index (χ2n) is 5.90. The molecule has 0 aromatic heterocycles. The molecule has 2 N–H and O–H groups in total. The lowest BCUT2D eigenvalue weighted by atomic mass is 10.0. The van der Waals surface area contributed by atoms with Gasteiger partial charge in [0.05, 0.1) is 11.6 Å². The van der Waals surface area contributed by atoms with Crippen molar-refractivity contribution in [3.8, 4) is 11.8 Å². The number of ether oxygens (including phenoxy) is 1. The van der Waals surface area contributed by atoms with Crippen LogP contribution in [-0.2, 0) is 6.61 Å². The molecule has 0 aliphatic heterocycles. The molecule has 5 heteroatoms. The highest BCUT2D eigenvalue weighted by atomic mass is 16.8. The van der Waals surface area contributed by atoms with Crippen LogP contribution < -0.4 is 9.96 Å². The molecule has 1 unspecified atom stereocenters. The maximum Gasteiger partial charge on any atom is 0.163 e. The number of hydrogen-bond acceptors (Lipinski definition) is 4. The molecule has 0 bridgehead atoms. The molecule has 3 rings (SSSR count). The van der Waals surface area contributed by atoms with Gasteiger partial charge in [-0.15, -0.1) is 0 Å². The van der Waals surface area contributed by atoms with E-state index in [1.165, 1.54) is 12.1 Å². The van der Waals surface area contributed by atoms with E-state index in [1.807, 2.05) is 54.6 Å². The van der Waals surface area contributed by atoms with Gasteiger partial charge in [-0.2, -0.15) is 10.5 Å². The first-order chi connectivity index (χ1) is 13.2. The van der Waals surface area contributed by atoms with Crippen molar-refractivity contribution in [2.45, 2.75) is 6.61 Å². The molecule has 0 radical (unpaired) electrons. The Labute approximate surface area is 157 Å². The topological polar surface area (TPSA) is 80.8 Å². The fourth-order valence-electron chi connectivity index (χ4n) is 2.57. The molecule has 3 aromatic carbocycles. The van der Waals surface area contributed by atoms with E-state index < -0.39 is 5.23 Å². The maximum atomic E-state index is 11.0. The highest BCUT2D eigenvalue weighted by Crippen LogP contribution is 2.22. The van der Waals surface area contributed by atoms with Gasteiger partial charge in [-0.25, -0.2) is 5.21 Å². The van der Waals surface area contributed by atoms with Crippen molar-refractivity contribution in [1.29, 1.82) is 5.26 Å². The molecule has 5 nitrogen and oxygen atoms in total. The average molecular weight is 358 g/mol. The summed E-state index contributed by atoms with van der Waals surface area (Å²) in [6.45, 7) is 0.468. The Morgan fingerprint density at radius 2 is 1.78 bits per heavy atom. The molecule has 0 amide bonds. The fraction of sp³-hybridized carbons (Fsp3) is 0.0455. The van der Waals surface area contributed by atoms with E-state index in [4.69, 9.17) is 9.94 Å². The van der Waals surface area contributed by atoms with Crippen molar-refractivity contribution in [2.24, 2.45) is 0 Å². The SMILES string of the molecule is N#C/C(=C/c1cccc(OCc2ccccc2)c1)c1ccc([NH+]([O-])O)cc1. The summed E-state index contributed by atoms with van der Waals surface area (Å²) in [7, 11) is 0. The highest BCUT2D eigenvalue weighted by Gasteiger charge is 2.05. The maximum absolute atomic E-state index is 11.0. The van der Waals surface area contributed by atoms with Crippen LogP contribution in [0.3, 0.4) is 0 Å². The van der Waals surface area contributed by atoms with Gasteiger partial charge in [-0.05, 0) is 47.0 Å². The van der Waals surface area contributed by atoms with Gasteiger partial charge < -0.3 is 9.94 Å². The van der Waals surface area contributed by atoms with Gasteiger partial charge in [-0.3, -0.25) is 0 Å². The van der Waals surface area contributed by atoms with Gasteiger partial charge in [0.1, 0.15) is 12.4 Å². The second kappa shape index (κ2) is 8.79. The quantitative estimate of drug-likeness (QED) is 0.400. The van der Waals surface area contributed by atoms with Crippen LogP contribution >= 0.6 is 0 Å². The summed E-state index contributed by atoms with van der Waals surface area (Å²) < 4.78 is 5.82. The standard InChI is InChI=1S/C22H18N2O3/c23-15-20(19-9-11-21(12-10-19)24(25)26)13-18-7-4-8-22(14-18)27-16-17-5-2-1-3-6-17/h1-14,24-25H,16H2/b20-13-.